The Balaban J connectivity index is 1.80. The molecular weight excluding hydrogens is 442 g/mol. The van der Waals surface area contributed by atoms with E-state index in [9.17, 15) is 26.3 Å². The molecule has 0 bridgehead atoms. The lowest BCUT2D eigenvalue weighted by atomic mass is 9.99. The second kappa shape index (κ2) is 10.9. The normalized spacial score (nSPS) is 11.8. The van der Waals surface area contributed by atoms with Gasteiger partial charge in [0.2, 0.25) is 0 Å². The van der Waals surface area contributed by atoms with Crippen molar-refractivity contribution in [1.82, 2.24) is 0 Å². The van der Waals surface area contributed by atoms with E-state index < -0.39 is 35.4 Å². The molecule has 0 aromatic heterocycles. The Kier molecular flexibility index (Phi) is 7.98. The Morgan fingerprint density at radius 3 is 2.15 bits per heavy atom. The molecule has 7 heteroatoms. The average molecular weight is 462 g/mol. The summed E-state index contributed by atoms with van der Waals surface area (Å²) in [6.07, 6.45) is 2.23. The van der Waals surface area contributed by atoms with Gasteiger partial charge < -0.3 is 4.74 Å². The van der Waals surface area contributed by atoms with Crippen LogP contribution in [0.15, 0.2) is 60.9 Å². The Bertz CT molecular complexity index is 1160. The van der Waals surface area contributed by atoms with E-state index >= 15 is 0 Å². The van der Waals surface area contributed by atoms with Gasteiger partial charge in [0.1, 0.15) is 11.6 Å². The highest BCUT2D eigenvalue weighted by atomic mass is 19.3. The quantitative estimate of drug-likeness (QED) is 0.186. The van der Waals surface area contributed by atoms with Crippen molar-refractivity contribution < 1.29 is 31.1 Å². The Labute approximate surface area is 187 Å². The fourth-order valence-corrected chi connectivity index (χ4v) is 3.21. The van der Waals surface area contributed by atoms with Gasteiger partial charge in [-0.2, -0.15) is 0 Å². The number of ether oxygens (including phenoxy) is 1. The number of aryl methyl sites for hydroxylation is 1. The number of alkyl halides is 2. The van der Waals surface area contributed by atoms with Gasteiger partial charge in [-0.05, 0) is 47.4 Å². The average Bonchev–Trinajstić information content (AvgIpc) is 2.75. The van der Waals surface area contributed by atoms with Crippen LogP contribution in [-0.4, -0.2) is 6.43 Å². The standard InChI is InChI=1S/C26H20F6O/c1-2-3-16-5-9-20(22(28)12-16)19-8-7-18(21(27)15-19)6-4-17-13-23(29)26(24(30)14-17)33-11-10-25(31)32/h4-15,25H,2-3H2,1H3. The number of hydrogen-bond acceptors (Lipinski definition) is 1. The van der Waals surface area contributed by atoms with E-state index in [0.717, 1.165) is 30.5 Å². The number of rotatable bonds is 8. The highest BCUT2D eigenvalue weighted by molar-refractivity contribution is 5.73. The Hall–Kier alpha value is -3.48. The molecule has 0 saturated carbocycles. The summed E-state index contributed by atoms with van der Waals surface area (Å²) in [5, 5.41) is 0. The molecule has 0 aliphatic heterocycles. The van der Waals surface area contributed by atoms with Gasteiger partial charge in [-0.1, -0.05) is 49.8 Å². The van der Waals surface area contributed by atoms with E-state index in [-0.39, 0.29) is 16.7 Å². The molecule has 172 valence electrons. The summed E-state index contributed by atoms with van der Waals surface area (Å²) >= 11 is 0. The Morgan fingerprint density at radius 1 is 0.818 bits per heavy atom. The molecule has 0 unspecified atom stereocenters. The predicted octanol–water partition coefficient (Wildman–Crippen LogP) is 8.19. The van der Waals surface area contributed by atoms with Crippen molar-refractivity contribution >= 4 is 12.2 Å². The van der Waals surface area contributed by atoms with E-state index in [1.165, 1.54) is 30.4 Å². The molecule has 33 heavy (non-hydrogen) atoms. The molecule has 0 amide bonds. The molecule has 0 fully saturated rings. The third kappa shape index (κ3) is 6.28. The van der Waals surface area contributed by atoms with Gasteiger partial charge in [0, 0.05) is 17.2 Å². The van der Waals surface area contributed by atoms with Crippen LogP contribution < -0.4 is 4.74 Å². The first-order valence-corrected chi connectivity index (χ1v) is 10.2. The van der Waals surface area contributed by atoms with Gasteiger partial charge in [-0.15, -0.1) is 0 Å². The summed E-state index contributed by atoms with van der Waals surface area (Å²) in [6.45, 7) is 1.99. The van der Waals surface area contributed by atoms with Gasteiger partial charge >= 0.3 is 0 Å². The molecule has 0 aliphatic rings. The largest absolute Gasteiger partial charge is 0.459 e. The van der Waals surface area contributed by atoms with E-state index in [1.54, 1.807) is 18.2 Å². The minimum Gasteiger partial charge on any atom is -0.459 e. The molecule has 0 N–H and O–H groups in total. The highest BCUT2D eigenvalue weighted by Crippen LogP contribution is 2.28. The van der Waals surface area contributed by atoms with Gasteiger partial charge in [0.15, 0.2) is 17.4 Å². The summed E-state index contributed by atoms with van der Waals surface area (Å²) in [5.74, 6) is -4.12. The lowest BCUT2D eigenvalue weighted by molar-refractivity contribution is 0.200. The molecule has 0 saturated heterocycles. The van der Waals surface area contributed by atoms with Crippen LogP contribution >= 0.6 is 0 Å². The predicted molar refractivity (Wildman–Crippen MR) is 117 cm³/mol. The molecule has 0 radical (unpaired) electrons. The monoisotopic (exact) mass is 462 g/mol. The minimum absolute atomic E-state index is 0.0659. The maximum Gasteiger partial charge on any atom is 0.260 e. The first kappa shape index (κ1) is 24.2. The van der Waals surface area contributed by atoms with Crippen molar-refractivity contribution in [3.8, 4) is 16.9 Å². The fraction of sp³-hybridized carbons (Fsp3) is 0.154. The van der Waals surface area contributed by atoms with E-state index in [0.29, 0.717) is 17.9 Å². The molecule has 0 spiro atoms. The summed E-state index contributed by atoms with van der Waals surface area (Å²) in [7, 11) is 0. The number of benzene rings is 3. The van der Waals surface area contributed by atoms with Crippen LogP contribution in [0, 0.1) is 23.3 Å². The van der Waals surface area contributed by atoms with Crippen LogP contribution in [-0.2, 0) is 6.42 Å². The van der Waals surface area contributed by atoms with E-state index in [4.69, 9.17) is 0 Å². The first-order chi connectivity index (χ1) is 15.8. The molecule has 3 aromatic rings. The van der Waals surface area contributed by atoms with Crippen molar-refractivity contribution in [3.05, 3.63) is 101 Å². The van der Waals surface area contributed by atoms with E-state index in [1.807, 2.05) is 6.92 Å². The molecule has 1 nitrogen and oxygen atoms in total. The first-order valence-electron chi connectivity index (χ1n) is 10.2. The molecular formula is C26H20F6O. The molecule has 3 rings (SSSR count). The van der Waals surface area contributed by atoms with Crippen LogP contribution in [0.5, 0.6) is 5.75 Å². The second-order valence-electron chi connectivity index (χ2n) is 7.23. The van der Waals surface area contributed by atoms with Crippen LogP contribution in [0.3, 0.4) is 0 Å². The number of halogens is 6. The van der Waals surface area contributed by atoms with Crippen LogP contribution in [0.2, 0.25) is 0 Å². The van der Waals surface area contributed by atoms with E-state index in [2.05, 4.69) is 4.74 Å². The fourth-order valence-electron chi connectivity index (χ4n) is 3.21. The minimum atomic E-state index is -2.82. The van der Waals surface area contributed by atoms with Crippen molar-refractivity contribution in [2.24, 2.45) is 0 Å². The van der Waals surface area contributed by atoms with Gasteiger partial charge in [-0.3, -0.25) is 0 Å². The SMILES string of the molecule is CCCc1ccc(-c2ccc(C=Cc3cc(F)c(OC=CC(F)F)c(F)c3)c(F)c2)c(F)c1. The summed E-state index contributed by atoms with van der Waals surface area (Å²) < 4.78 is 85.9. The van der Waals surface area contributed by atoms with Gasteiger partial charge in [0.25, 0.3) is 6.43 Å². The van der Waals surface area contributed by atoms with Gasteiger partial charge in [0.05, 0.1) is 6.26 Å². The maximum atomic E-state index is 14.6. The topological polar surface area (TPSA) is 9.23 Å². The van der Waals surface area contributed by atoms with Crippen LogP contribution in [0.4, 0.5) is 26.3 Å². The maximum absolute atomic E-state index is 14.6. The molecule has 0 atom stereocenters. The van der Waals surface area contributed by atoms with Crippen molar-refractivity contribution in [1.29, 1.82) is 0 Å². The molecule has 3 aromatic carbocycles. The third-order valence-electron chi connectivity index (χ3n) is 4.77. The Morgan fingerprint density at radius 2 is 1.55 bits per heavy atom. The van der Waals surface area contributed by atoms with Gasteiger partial charge in [-0.25, -0.2) is 26.3 Å². The zero-order valence-electron chi connectivity index (χ0n) is 17.6. The summed E-state index contributed by atoms with van der Waals surface area (Å²) in [5.41, 5.74) is 1.68. The lowest BCUT2D eigenvalue weighted by Gasteiger charge is -2.08. The molecule has 0 aliphatic carbocycles. The van der Waals surface area contributed by atoms with Crippen molar-refractivity contribution in [2.45, 2.75) is 26.2 Å². The zero-order valence-corrected chi connectivity index (χ0v) is 17.6. The number of allylic oxidation sites excluding steroid dienone is 1. The number of hydrogen-bond donors (Lipinski definition) is 0. The zero-order chi connectivity index (χ0) is 24.0. The highest BCUT2D eigenvalue weighted by Gasteiger charge is 2.12. The second-order valence-corrected chi connectivity index (χ2v) is 7.23. The van der Waals surface area contributed by atoms with Crippen molar-refractivity contribution in [2.75, 3.05) is 0 Å². The summed E-state index contributed by atoms with van der Waals surface area (Å²) in [6, 6.07) is 10.8. The molecule has 0 heterocycles. The summed E-state index contributed by atoms with van der Waals surface area (Å²) in [4.78, 5) is 0. The smallest absolute Gasteiger partial charge is 0.260 e. The van der Waals surface area contributed by atoms with Crippen molar-refractivity contribution in [3.63, 3.8) is 0 Å². The third-order valence-corrected chi connectivity index (χ3v) is 4.77. The van der Waals surface area contributed by atoms with Crippen LogP contribution in [0.1, 0.15) is 30.0 Å². The lowest BCUT2D eigenvalue weighted by Crippen LogP contribution is -1.94. The van der Waals surface area contributed by atoms with Crippen LogP contribution in [0.25, 0.3) is 23.3 Å².